The monoisotopic (exact) mass is 258 g/mol. The molecule has 1 atom stereocenters. The normalized spacial score (nSPS) is 12.9. The Balaban J connectivity index is 0. The first-order valence-corrected chi connectivity index (χ1v) is 6.72. The first-order valence-electron chi connectivity index (χ1n) is 6.72. The van der Waals surface area contributed by atoms with Crippen molar-refractivity contribution in [2.75, 3.05) is 0 Å². The molecule has 0 N–H and O–H groups in total. The Kier molecular flexibility index (Phi) is 12.0. The highest BCUT2D eigenvalue weighted by Gasteiger charge is 2.09. The van der Waals surface area contributed by atoms with Gasteiger partial charge in [0.25, 0.3) is 0 Å². The summed E-state index contributed by atoms with van der Waals surface area (Å²) in [5.41, 5.74) is 4.77. The lowest BCUT2D eigenvalue weighted by Gasteiger charge is -2.16. The van der Waals surface area contributed by atoms with Crippen LogP contribution in [0.5, 0.6) is 0 Å². The van der Waals surface area contributed by atoms with Gasteiger partial charge in [0.15, 0.2) is 0 Å². The Hall–Kier alpha value is -1.56. The molecule has 0 heteroatoms. The predicted molar refractivity (Wildman–Crippen MR) is 91.3 cm³/mol. The van der Waals surface area contributed by atoms with E-state index >= 15 is 0 Å². The van der Waals surface area contributed by atoms with Gasteiger partial charge in [-0.15, -0.1) is 6.58 Å². The predicted octanol–water partition coefficient (Wildman–Crippen LogP) is 6.42. The van der Waals surface area contributed by atoms with Crippen LogP contribution in [0, 0.1) is 5.92 Å². The zero-order valence-electron chi connectivity index (χ0n) is 13.4. The van der Waals surface area contributed by atoms with E-state index in [0.29, 0.717) is 5.92 Å². The summed E-state index contributed by atoms with van der Waals surface area (Å²) in [6.45, 7) is 25.6. The van der Waals surface area contributed by atoms with Crippen molar-refractivity contribution >= 4 is 0 Å². The summed E-state index contributed by atoms with van der Waals surface area (Å²) in [5.74, 6) is 0.479. The maximum atomic E-state index is 4.10. The van der Waals surface area contributed by atoms with Crippen molar-refractivity contribution in [3.05, 3.63) is 72.9 Å². The molecule has 0 rings (SSSR count). The number of hydrogen-bond donors (Lipinski definition) is 0. The van der Waals surface area contributed by atoms with Gasteiger partial charge >= 0.3 is 0 Å². The molecule has 19 heavy (non-hydrogen) atoms. The summed E-state index contributed by atoms with van der Waals surface area (Å²) in [6.07, 6.45) is 8.70. The summed E-state index contributed by atoms with van der Waals surface area (Å²) >= 11 is 0. The van der Waals surface area contributed by atoms with Crippen molar-refractivity contribution in [3.8, 4) is 0 Å². The molecule has 106 valence electrons. The highest BCUT2D eigenvalue weighted by Crippen LogP contribution is 2.26. The Morgan fingerprint density at radius 2 is 1.58 bits per heavy atom. The van der Waals surface area contributed by atoms with E-state index in [0.717, 1.165) is 12.0 Å². The van der Waals surface area contributed by atoms with Crippen molar-refractivity contribution in [2.45, 2.75) is 41.0 Å². The van der Waals surface area contributed by atoms with E-state index in [2.05, 4.69) is 47.1 Å². The molecule has 0 saturated heterocycles. The molecule has 0 aliphatic rings. The fraction of sp³-hybridized carbons (Fsp3) is 0.368. The van der Waals surface area contributed by atoms with Gasteiger partial charge in [0.05, 0.1) is 0 Å². The van der Waals surface area contributed by atoms with Crippen LogP contribution in [0.3, 0.4) is 0 Å². The second-order valence-corrected chi connectivity index (χ2v) is 4.75. The molecule has 0 bridgehead atoms. The van der Waals surface area contributed by atoms with Gasteiger partial charge in [-0.2, -0.15) is 0 Å². The molecule has 0 heterocycles. The summed E-state index contributed by atoms with van der Waals surface area (Å²) in [5, 5.41) is 0. The molecule has 0 saturated carbocycles. The standard InChI is InChI=1S/C16H24.C3H6/c1-8-10-14(6)16(13(5)9-2)11-15(7)12(3)4;1-3-2/h8-10,15H,2-3,6,11H2,1,4-5,7H3;3H,1H2,2H3/b10-8-,16-13-;. The molecule has 0 aromatic heterocycles. The highest BCUT2D eigenvalue weighted by atomic mass is 14.1. The molecular formula is C19H30. The molecule has 0 radical (unpaired) electrons. The van der Waals surface area contributed by atoms with Crippen LogP contribution < -0.4 is 0 Å². The maximum absolute atomic E-state index is 4.10. The van der Waals surface area contributed by atoms with Gasteiger partial charge in [-0.3, -0.25) is 0 Å². The fourth-order valence-corrected chi connectivity index (χ4v) is 1.45. The lowest BCUT2D eigenvalue weighted by atomic mass is 9.89. The lowest BCUT2D eigenvalue weighted by Crippen LogP contribution is -2.00. The SMILES string of the molecule is C=C/C(C)=C(/CC(C)C(=C)C)C(=C)/C=C\C.C=CC. The highest BCUT2D eigenvalue weighted by molar-refractivity contribution is 5.43. The topological polar surface area (TPSA) is 0 Å². The first kappa shape index (κ1) is 19.8. The smallest absolute Gasteiger partial charge is 0.0196 e. The zero-order chi connectivity index (χ0) is 15.4. The summed E-state index contributed by atoms with van der Waals surface area (Å²) in [7, 11) is 0. The van der Waals surface area contributed by atoms with Crippen LogP contribution in [0.25, 0.3) is 0 Å². The Morgan fingerprint density at radius 1 is 1.11 bits per heavy atom. The van der Waals surface area contributed by atoms with Crippen LogP contribution in [-0.4, -0.2) is 0 Å². The molecule has 0 spiro atoms. The van der Waals surface area contributed by atoms with Gasteiger partial charge < -0.3 is 0 Å². The van der Waals surface area contributed by atoms with Crippen LogP contribution in [0.4, 0.5) is 0 Å². The molecule has 0 aliphatic heterocycles. The van der Waals surface area contributed by atoms with Gasteiger partial charge in [0, 0.05) is 0 Å². The van der Waals surface area contributed by atoms with Crippen molar-refractivity contribution in [1.82, 2.24) is 0 Å². The quantitative estimate of drug-likeness (QED) is 0.381. The van der Waals surface area contributed by atoms with Gasteiger partial charge in [-0.1, -0.05) is 56.5 Å². The minimum absolute atomic E-state index is 0.479. The largest absolute Gasteiger partial charge is 0.103 e. The van der Waals surface area contributed by atoms with E-state index in [4.69, 9.17) is 0 Å². The average molecular weight is 258 g/mol. The number of allylic oxidation sites excluding steroid dienone is 8. The molecule has 1 unspecified atom stereocenters. The minimum Gasteiger partial charge on any atom is -0.103 e. The molecular weight excluding hydrogens is 228 g/mol. The van der Waals surface area contributed by atoms with Crippen molar-refractivity contribution in [2.24, 2.45) is 5.92 Å². The van der Waals surface area contributed by atoms with E-state index < -0.39 is 0 Å². The van der Waals surface area contributed by atoms with Crippen molar-refractivity contribution in [3.63, 3.8) is 0 Å². The van der Waals surface area contributed by atoms with E-state index in [1.54, 1.807) is 6.08 Å². The van der Waals surface area contributed by atoms with E-state index in [9.17, 15) is 0 Å². The molecule has 0 nitrogen and oxygen atoms in total. The van der Waals surface area contributed by atoms with Crippen LogP contribution in [0.15, 0.2) is 72.9 Å². The lowest BCUT2D eigenvalue weighted by molar-refractivity contribution is 0.677. The molecule has 0 amide bonds. The maximum Gasteiger partial charge on any atom is -0.0196 e. The van der Waals surface area contributed by atoms with Gasteiger partial charge in [0.1, 0.15) is 0 Å². The second-order valence-electron chi connectivity index (χ2n) is 4.75. The fourth-order valence-electron chi connectivity index (χ4n) is 1.45. The van der Waals surface area contributed by atoms with Crippen LogP contribution >= 0.6 is 0 Å². The summed E-state index contributed by atoms with van der Waals surface area (Å²) in [4.78, 5) is 0. The van der Waals surface area contributed by atoms with E-state index in [-0.39, 0.29) is 0 Å². The Labute approximate surface area is 120 Å². The van der Waals surface area contributed by atoms with E-state index in [1.807, 2.05) is 32.1 Å². The number of hydrogen-bond acceptors (Lipinski definition) is 0. The zero-order valence-corrected chi connectivity index (χ0v) is 13.4. The summed E-state index contributed by atoms with van der Waals surface area (Å²) < 4.78 is 0. The number of rotatable bonds is 6. The summed E-state index contributed by atoms with van der Waals surface area (Å²) in [6, 6.07) is 0. The van der Waals surface area contributed by atoms with E-state index in [1.165, 1.54) is 16.7 Å². The van der Waals surface area contributed by atoms with Gasteiger partial charge in [-0.05, 0) is 56.8 Å². The van der Waals surface area contributed by atoms with Gasteiger partial charge in [-0.25, -0.2) is 0 Å². The average Bonchev–Trinajstić information content (AvgIpc) is 2.35. The van der Waals surface area contributed by atoms with Crippen molar-refractivity contribution < 1.29 is 0 Å². The molecule has 0 fully saturated rings. The molecule has 0 aromatic carbocycles. The third kappa shape index (κ3) is 9.07. The van der Waals surface area contributed by atoms with Crippen LogP contribution in [-0.2, 0) is 0 Å². The molecule has 0 aliphatic carbocycles. The Morgan fingerprint density at radius 3 is 1.89 bits per heavy atom. The second kappa shape index (κ2) is 11.5. The third-order valence-corrected chi connectivity index (χ3v) is 2.89. The third-order valence-electron chi connectivity index (χ3n) is 2.89. The van der Waals surface area contributed by atoms with Crippen LogP contribution in [0.1, 0.15) is 41.0 Å². The first-order chi connectivity index (χ1) is 8.85. The Bertz CT molecular complexity index is 375. The van der Waals surface area contributed by atoms with Crippen molar-refractivity contribution in [1.29, 1.82) is 0 Å². The van der Waals surface area contributed by atoms with Gasteiger partial charge in [0.2, 0.25) is 0 Å². The minimum atomic E-state index is 0.479. The molecule has 0 aromatic rings. The van der Waals surface area contributed by atoms with Crippen LogP contribution in [0.2, 0.25) is 0 Å².